The van der Waals surface area contributed by atoms with Gasteiger partial charge in [-0.05, 0) is 0 Å². The molecule has 1 N–H and O–H groups in total. The van der Waals surface area contributed by atoms with E-state index in [1.54, 1.807) is 0 Å². The Hall–Kier alpha value is 0.447. The minimum atomic E-state index is 0. The molecule has 4 nitrogen and oxygen atoms in total. The average Bonchev–Trinajstić information content (AvgIpc) is 1.76. The molecule has 0 fully saturated rings. The van der Waals surface area contributed by atoms with Gasteiger partial charge in [0, 0.05) is 41.7 Å². The summed E-state index contributed by atoms with van der Waals surface area (Å²) >= 11 is 0. The van der Waals surface area contributed by atoms with E-state index in [4.69, 9.17) is 0 Å². The predicted molar refractivity (Wildman–Crippen MR) is 14.2 cm³/mol. The zero-order chi connectivity index (χ0) is 3.54. The molecule has 1 aromatic rings. The first-order chi connectivity index (χ1) is 2.50. The molecule has 0 amide bonds. The maximum absolute atomic E-state index is 3.38. The molecule has 1 heterocycles. The molecular formula is CH2CeN4. The number of rotatable bonds is 0. The summed E-state index contributed by atoms with van der Waals surface area (Å²) in [4.78, 5) is 0. The number of hydrogen-bond acceptors (Lipinski definition) is 3. The largest absolute Gasteiger partial charge is 0.177 e. The molecule has 6 heavy (non-hydrogen) atoms. The number of H-pyrrole nitrogens is 1. The normalized spacial score (nSPS) is 6.67. The second-order valence-corrected chi connectivity index (χ2v) is 0.560. The minimum absolute atomic E-state index is 0. The Morgan fingerprint density at radius 1 is 1.50 bits per heavy atom. The average molecular weight is 210 g/mol. The van der Waals surface area contributed by atoms with Crippen molar-refractivity contribution < 1.29 is 41.7 Å². The minimum Gasteiger partial charge on any atom is -0.177 e. The topological polar surface area (TPSA) is 54.5 Å². The number of nitrogens with one attached hydrogen (secondary N) is 1. The first-order valence-corrected chi connectivity index (χ1v) is 1.16. The van der Waals surface area contributed by atoms with Gasteiger partial charge in [0.1, 0.15) is 0 Å². The summed E-state index contributed by atoms with van der Waals surface area (Å²) < 4.78 is 0. The van der Waals surface area contributed by atoms with E-state index in [2.05, 4.69) is 20.6 Å². The Labute approximate surface area is 68.1 Å². The maximum atomic E-state index is 3.38. The van der Waals surface area contributed by atoms with Crippen LogP contribution in [0.3, 0.4) is 0 Å². The van der Waals surface area contributed by atoms with Gasteiger partial charge in [-0.15, -0.1) is 10.2 Å². The van der Waals surface area contributed by atoms with E-state index >= 15 is 0 Å². The van der Waals surface area contributed by atoms with E-state index < -0.39 is 0 Å². The quantitative estimate of drug-likeness (QED) is 0.610. The number of tetrazole rings is 1. The van der Waals surface area contributed by atoms with Crippen LogP contribution in [0.4, 0.5) is 0 Å². The molecule has 0 aromatic carbocycles. The molecule has 0 saturated carbocycles. The number of aromatic nitrogens is 4. The Balaban J connectivity index is 0.000000250. The van der Waals surface area contributed by atoms with Crippen LogP contribution in [-0.4, -0.2) is 20.6 Å². The Morgan fingerprint density at radius 2 is 2.33 bits per heavy atom. The third-order valence-corrected chi connectivity index (χ3v) is 0.270. The van der Waals surface area contributed by atoms with Crippen LogP contribution in [0, 0.1) is 41.7 Å². The van der Waals surface area contributed by atoms with Crippen LogP contribution in [0.1, 0.15) is 0 Å². The molecule has 0 bridgehead atoms. The van der Waals surface area contributed by atoms with E-state index in [0.29, 0.717) is 0 Å². The van der Waals surface area contributed by atoms with Gasteiger partial charge in [-0.25, -0.2) is 0 Å². The van der Waals surface area contributed by atoms with Crippen molar-refractivity contribution in [3.8, 4) is 0 Å². The van der Waals surface area contributed by atoms with Gasteiger partial charge in [0.25, 0.3) is 0 Å². The fourth-order valence-electron chi connectivity index (χ4n) is 0.129. The Bertz CT molecular complexity index is 64.0. The molecule has 30 valence electrons. The first kappa shape index (κ1) is 6.45. The predicted octanol–water partition coefficient (Wildman–Crippen LogP) is -0.800. The summed E-state index contributed by atoms with van der Waals surface area (Å²) in [6, 6.07) is 0. The summed E-state index contributed by atoms with van der Waals surface area (Å²) in [7, 11) is 0. The summed E-state index contributed by atoms with van der Waals surface area (Å²) in [6.07, 6.45) is 1.33. The second-order valence-electron chi connectivity index (χ2n) is 0.560. The number of hydrogen-bond donors (Lipinski definition) is 1. The molecule has 0 atom stereocenters. The SMILES string of the molecule is [Ce].c1nn[nH]n1. The van der Waals surface area contributed by atoms with Crippen molar-refractivity contribution in [3.05, 3.63) is 6.33 Å². The van der Waals surface area contributed by atoms with Crippen LogP contribution in [0.5, 0.6) is 0 Å². The molecule has 0 spiro atoms. The molecule has 0 aliphatic heterocycles. The second kappa shape index (κ2) is 3.63. The van der Waals surface area contributed by atoms with E-state index in [1.807, 2.05) is 0 Å². The molecular weight excluding hydrogens is 208 g/mol. The van der Waals surface area contributed by atoms with Crippen molar-refractivity contribution in [2.45, 2.75) is 0 Å². The van der Waals surface area contributed by atoms with Crippen molar-refractivity contribution in [1.82, 2.24) is 20.6 Å². The van der Waals surface area contributed by atoms with Gasteiger partial charge in [-0.3, -0.25) is 0 Å². The van der Waals surface area contributed by atoms with Crippen LogP contribution >= 0.6 is 0 Å². The third-order valence-electron chi connectivity index (χ3n) is 0.270. The van der Waals surface area contributed by atoms with E-state index in [9.17, 15) is 0 Å². The Morgan fingerprint density at radius 3 is 2.50 bits per heavy atom. The van der Waals surface area contributed by atoms with Crippen molar-refractivity contribution >= 4 is 0 Å². The number of aromatic amines is 1. The van der Waals surface area contributed by atoms with E-state index in [-0.39, 0.29) is 41.7 Å². The molecule has 0 unspecified atom stereocenters. The van der Waals surface area contributed by atoms with Gasteiger partial charge in [0.2, 0.25) is 0 Å². The van der Waals surface area contributed by atoms with Crippen LogP contribution in [0.15, 0.2) is 6.33 Å². The summed E-state index contributed by atoms with van der Waals surface area (Å²) in [5, 5.41) is 12.2. The fraction of sp³-hybridized carbons (Fsp3) is 0. The molecule has 1 rings (SSSR count). The zero-order valence-corrected chi connectivity index (χ0v) is 6.06. The molecule has 5 heteroatoms. The summed E-state index contributed by atoms with van der Waals surface area (Å²) in [5.74, 6) is 0. The van der Waals surface area contributed by atoms with Gasteiger partial charge in [-0.1, -0.05) is 5.21 Å². The van der Waals surface area contributed by atoms with Gasteiger partial charge in [0.15, 0.2) is 6.33 Å². The summed E-state index contributed by atoms with van der Waals surface area (Å²) in [6.45, 7) is 0. The molecule has 0 aliphatic carbocycles. The van der Waals surface area contributed by atoms with Crippen LogP contribution in [-0.2, 0) is 0 Å². The van der Waals surface area contributed by atoms with Gasteiger partial charge in [0.05, 0.1) is 0 Å². The smallest absolute Gasteiger partial charge is 0.161 e. The maximum Gasteiger partial charge on any atom is 0.161 e. The molecule has 0 radical (unpaired) electrons. The Kier molecular flexibility index (Phi) is 3.90. The van der Waals surface area contributed by atoms with Crippen molar-refractivity contribution in [2.24, 2.45) is 0 Å². The monoisotopic (exact) mass is 210 g/mol. The van der Waals surface area contributed by atoms with Gasteiger partial charge in [-0.2, -0.15) is 5.21 Å². The van der Waals surface area contributed by atoms with Gasteiger partial charge >= 0.3 is 0 Å². The van der Waals surface area contributed by atoms with Crippen LogP contribution < -0.4 is 0 Å². The van der Waals surface area contributed by atoms with Crippen LogP contribution in [0.25, 0.3) is 0 Å². The van der Waals surface area contributed by atoms with Gasteiger partial charge < -0.3 is 0 Å². The van der Waals surface area contributed by atoms with E-state index in [0.717, 1.165) is 0 Å². The van der Waals surface area contributed by atoms with E-state index in [1.165, 1.54) is 6.33 Å². The van der Waals surface area contributed by atoms with Crippen LogP contribution in [0.2, 0.25) is 0 Å². The fourth-order valence-corrected chi connectivity index (χ4v) is 0.129. The van der Waals surface area contributed by atoms with Crippen molar-refractivity contribution in [2.75, 3.05) is 0 Å². The molecule has 0 aliphatic rings. The number of nitrogens with zero attached hydrogens (tertiary/aromatic N) is 3. The standard InChI is InChI=1S/CH2N4.Ce/c1-2-4-5-3-1;/h1H,(H,2,3,4,5);. The zero-order valence-electron chi connectivity index (χ0n) is 2.92. The van der Waals surface area contributed by atoms with Crippen molar-refractivity contribution in [1.29, 1.82) is 0 Å². The third kappa shape index (κ3) is 1.78. The summed E-state index contributed by atoms with van der Waals surface area (Å²) in [5.41, 5.74) is 0. The molecule has 1 aromatic heterocycles. The van der Waals surface area contributed by atoms with Crippen molar-refractivity contribution in [3.63, 3.8) is 0 Å². The molecule has 0 saturated heterocycles. The first-order valence-electron chi connectivity index (χ1n) is 1.16.